The van der Waals surface area contributed by atoms with E-state index in [1.165, 1.54) is 122 Å². The van der Waals surface area contributed by atoms with Crippen LogP contribution in [0.1, 0.15) is 142 Å². The third-order valence-corrected chi connectivity index (χ3v) is 5.60. The van der Waals surface area contributed by atoms with Gasteiger partial charge in [-0.25, -0.2) is 0 Å². The van der Waals surface area contributed by atoms with Gasteiger partial charge >= 0.3 is 0 Å². The van der Waals surface area contributed by atoms with Crippen molar-refractivity contribution in [3.63, 3.8) is 0 Å². The average Bonchev–Trinajstić information content (AvgIpc) is 2.62. The Morgan fingerprint density at radius 2 is 0.731 bits per heavy atom. The molecule has 0 aromatic carbocycles. The second-order valence-electron chi connectivity index (χ2n) is 8.86. The minimum absolute atomic E-state index is 0.762. The quantitative estimate of drug-likeness (QED) is 0.156. The summed E-state index contributed by atoms with van der Waals surface area (Å²) < 4.78 is 0. The highest BCUT2D eigenvalue weighted by Crippen LogP contribution is 2.15. The van der Waals surface area contributed by atoms with E-state index >= 15 is 0 Å². The van der Waals surface area contributed by atoms with Crippen LogP contribution < -0.4 is 5.48 Å². The number of rotatable bonds is 22. The van der Waals surface area contributed by atoms with Crippen molar-refractivity contribution in [1.29, 1.82) is 0 Å². The summed E-state index contributed by atoms with van der Waals surface area (Å²) in [6, 6.07) is 0. The molecule has 2 N–H and O–H groups in total. The molecule has 0 heterocycles. The van der Waals surface area contributed by atoms with Crippen LogP contribution in [0.15, 0.2) is 0 Å². The highest BCUT2D eigenvalue weighted by molar-refractivity contribution is 4.51. The maximum absolute atomic E-state index is 10.2. The topological polar surface area (TPSA) is 39.7 Å². The lowest BCUT2D eigenvalue weighted by Gasteiger charge is -2.05. The van der Waals surface area contributed by atoms with Crippen LogP contribution in [0.3, 0.4) is 0 Å². The Morgan fingerprint density at radius 1 is 0.462 bits per heavy atom. The van der Waals surface area contributed by atoms with Gasteiger partial charge in [0.05, 0.1) is 6.54 Å². The Hall–Kier alpha value is -0.0800. The minimum Gasteiger partial charge on any atom is -0.636 e. The van der Waals surface area contributed by atoms with E-state index in [9.17, 15) is 5.21 Å². The summed E-state index contributed by atoms with van der Waals surface area (Å²) in [6.45, 7) is 5.43. The van der Waals surface area contributed by atoms with E-state index in [-0.39, 0.29) is 0 Å². The van der Waals surface area contributed by atoms with Crippen LogP contribution in [-0.4, -0.2) is 6.54 Å². The molecular weight excluding hydrogens is 318 g/mol. The summed E-state index contributed by atoms with van der Waals surface area (Å²) in [5, 5.41) is 10.2. The second kappa shape index (κ2) is 23.0. The number of hydrogen-bond donors (Lipinski definition) is 1. The zero-order valence-electron chi connectivity index (χ0n) is 18.4. The largest absolute Gasteiger partial charge is 0.636 e. The van der Waals surface area contributed by atoms with Gasteiger partial charge in [0, 0.05) is 0 Å². The van der Waals surface area contributed by atoms with Crippen molar-refractivity contribution in [2.45, 2.75) is 142 Å². The predicted octanol–water partition coefficient (Wildman–Crippen LogP) is 7.51. The van der Waals surface area contributed by atoms with Crippen LogP contribution >= 0.6 is 0 Å². The van der Waals surface area contributed by atoms with Crippen LogP contribution in [0.25, 0.3) is 0 Å². The number of hydroxylamine groups is 1. The zero-order chi connectivity index (χ0) is 19.1. The molecule has 0 spiro atoms. The molecule has 158 valence electrons. The molecule has 26 heavy (non-hydrogen) atoms. The van der Waals surface area contributed by atoms with Crippen molar-refractivity contribution >= 4 is 0 Å². The lowest BCUT2D eigenvalue weighted by atomic mass is 10.0. The van der Waals surface area contributed by atoms with E-state index < -0.39 is 0 Å². The van der Waals surface area contributed by atoms with Crippen molar-refractivity contribution in [2.24, 2.45) is 5.92 Å². The Kier molecular flexibility index (Phi) is 22.9. The zero-order valence-corrected chi connectivity index (χ0v) is 18.4. The molecule has 2 nitrogen and oxygen atoms in total. The first-order valence-corrected chi connectivity index (χ1v) is 12.2. The summed E-state index contributed by atoms with van der Waals surface area (Å²) in [5.74, 6) is 0.889. The number of unbranched alkanes of at least 4 members (excludes halogenated alkanes) is 18. The van der Waals surface area contributed by atoms with Crippen LogP contribution in [0, 0.1) is 11.1 Å². The predicted molar refractivity (Wildman–Crippen MR) is 117 cm³/mol. The third kappa shape index (κ3) is 23.9. The Labute approximate surface area is 165 Å². The van der Waals surface area contributed by atoms with Gasteiger partial charge in [-0.15, -0.1) is 0 Å². The highest BCUT2D eigenvalue weighted by atomic mass is 16.5. The molecule has 0 unspecified atom stereocenters. The molecule has 2 heteroatoms. The summed E-state index contributed by atoms with van der Waals surface area (Å²) >= 11 is 0. The minimum atomic E-state index is 0.762. The van der Waals surface area contributed by atoms with E-state index in [0.717, 1.165) is 24.4 Å². The van der Waals surface area contributed by atoms with Gasteiger partial charge in [-0.05, 0) is 18.8 Å². The summed E-state index contributed by atoms with van der Waals surface area (Å²) in [5.41, 5.74) is 1.05. The molecular formula is C24H51NO. The fourth-order valence-corrected chi connectivity index (χ4v) is 3.79. The molecule has 0 rings (SSSR count). The molecule has 0 aliphatic carbocycles. The monoisotopic (exact) mass is 369 g/mol. The van der Waals surface area contributed by atoms with Crippen molar-refractivity contribution in [3.05, 3.63) is 5.21 Å². The van der Waals surface area contributed by atoms with Gasteiger partial charge in [-0.1, -0.05) is 129 Å². The van der Waals surface area contributed by atoms with Crippen molar-refractivity contribution in [3.8, 4) is 0 Å². The first kappa shape index (κ1) is 25.9. The fraction of sp³-hybridized carbons (Fsp3) is 1.00. The van der Waals surface area contributed by atoms with Crippen molar-refractivity contribution in [1.82, 2.24) is 0 Å². The van der Waals surface area contributed by atoms with E-state index in [2.05, 4.69) is 13.8 Å². The van der Waals surface area contributed by atoms with Crippen LogP contribution in [0.2, 0.25) is 0 Å². The fourth-order valence-electron chi connectivity index (χ4n) is 3.79. The molecule has 0 fully saturated rings. The maximum Gasteiger partial charge on any atom is 0.0752 e. The van der Waals surface area contributed by atoms with Crippen LogP contribution in [0.4, 0.5) is 0 Å². The van der Waals surface area contributed by atoms with E-state index in [1.54, 1.807) is 0 Å². The molecule has 0 bridgehead atoms. The molecule has 0 saturated carbocycles. The lowest BCUT2D eigenvalue weighted by Crippen LogP contribution is -2.77. The SMILES string of the molecule is CC(C)CCCCCCCCCCCCCCCCCCCCC[NH2+][O-]. The normalized spacial score (nSPS) is 11.5. The first-order chi connectivity index (χ1) is 12.8. The summed E-state index contributed by atoms with van der Waals surface area (Å²) in [6.07, 6.45) is 28.2. The molecule has 0 atom stereocenters. The first-order valence-electron chi connectivity index (χ1n) is 12.2. The molecule has 0 aromatic rings. The van der Waals surface area contributed by atoms with Gasteiger partial charge in [0.2, 0.25) is 0 Å². The van der Waals surface area contributed by atoms with E-state index in [4.69, 9.17) is 0 Å². The van der Waals surface area contributed by atoms with Gasteiger partial charge in [0.1, 0.15) is 0 Å². The third-order valence-electron chi connectivity index (χ3n) is 5.60. The Balaban J connectivity index is 2.97. The smallest absolute Gasteiger partial charge is 0.0752 e. The lowest BCUT2D eigenvalue weighted by molar-refractivity contribution is -0.589. The molecule has 0 amide bonds. The molecule has 0 aromatic heterocycles. The molecule has 0 saturated heterocycles. The highest BCUT2D eigenvalue weighted by Gasteiger charge is 1.96. The van der Waals surface area contributed by atoms with Crippen LogP contribution in [-0.2, 0) is 0 Å². The van der Waals surface area contributed by atoms with Crippen molar-refractivity contribution in [2.75, 3.05) is 6.54 Å². The standard InChI is InChI=1S/C24H51NO/c1-24(2)22-20-18-16-14-12-10-8-6-4-3-5-7-9-11-13-15-17-19-21-23-25-26/h24H,3-23,25H2,1-2H3. The Morgan fingerprint density at radius 3 is 1.00 bits per heavy atom. The van der Waals surface area contributed by atoms with Crippen LogP contribution in [0.5, 0.6) is 0 Å². The number of hydrogen-bond acceptors (Lipinski definition) is 1. The van der Waals surface area contributed by atoms with Gasteiger partial charge in [-0.3, -0.25) is 0 Å². The summed E-state index contributed by atoms with van der Waals surface area (Å²) in [7, 11) is 0. The second-order valence-corrected chi connectivity index (χ2v) is 8.86. The summed E-state index contributed by atoms with van der Waals surface area (Å²) in [4.78, 5) is 0. The van der Waals surface area contributed by atoms with E-state index in [1.807, 2.05) is 0 Å². The number of quaternary nitrogens is 1. The Bertz CT molecular complexity index is 242. The molecule has 0 aliphatic rings. The maximum atomic E-state index is 10.2. The molecule has 0 radical (unpaired) electrons. The van der Waals surface area contributed by atoms with Gasteiger partial charge in [-0.2, -0.15) is 0 Å². The average molecular weight is 370 g/mol. The van der Waals surface area contributed by atoms with Gasteiger partial charge in [0.25, 0.3) is 0 Å². The molecule has 0 aliphatic heterocycles. The van der Waals surface area contributed by atoms with Crippen molar-refractivity contribution < 1.29 is 5.48 Å². The van der Waals surface area contributed by atoms with Gasteiger partial charge in [0.15, 0.2) is 0 Å². The number of nitrogens with two attached hydrogens (primary N) is 1. The van der Waals surface area contributed by atoms with E-state index in [0.29, 0.717) is 0 Å². The van der Waals surface area contributed by atoms with Gasteiger partial charge < -0.3 is 10.7 Å².